The van der Waals surface area contributed by atoms with Crippen molar-refractivity contribution in [3.8, 4) is 32.8 Å². The summed E-state index contributed by atoms with van der Waals surface area (Å²) in [5, 5.41) is 18.5. The molecule has 0 radical (unpaired) electrons. The van der Waals surface area contributed by atoms with Crippen molar-refractivity contribution in [2.75, 3.05) is 13.2 Å². The third-order valence-corrected chi connectivity index (χ3v) is 5.02. The van der Waals surface area contributed by atoms with Crippen LogP contribution >= 0.6 is 22.9 Å². The van der Waals surface area contributed by atoms with Crippen molar-refractivity contribution in [1.82, 2.24) is 15.2 Å². The van der Waals surface area contributed by atoms with E-state index in [1.54, 1.807) is 12.3 Å². The van der Waals surface area contributed by atoms with Crippen LogP contribution in [0.4, 0.5) is 4.39 Å². The monoisotopic (exact) mass is 438 g/mol. The van der Waals surface area contributed by atoms with Gasteiger partial charge in [-0.15, -0.1) is 10.2 Å². The maximum Gasteiger partial charge on any atom is 0.213 e. The zero-order valence-corrected chi connectivity index (χ0v) is 17.4. The van der Waals surface area contributed by atoms with Crippen molar-refractivity contribution in [3.63, 3.8) is 0 Å². The van der Waals surface area contributed by atoms with E-state index in [4.69, 9.17) is 31.9 Å². The van der Waals surface area contributed by atoms with Gasteiger partial charge < -0.3 is 20.3 Å². The standard InChI is InChI=1S/C19H20ClFN4O3S/c1-10(2)28-17-4-3-11(7-23-17)18-24-25-19(29-18)13-5-15(21)16(6-14(13)20)27-9-12(22)8-26/h3-7,10,12,26H,8-9,22H2,1-2H3. The van der Waals surface area contributed by atoms with Crippen LogP contribution in [-0.4, -0.2) is 45.6 Å². The fourth-order valence-corrected chi connectivity index (χ4v) is 3.48. The zero-order valence-electron chi connectivity index (χ0n) is 15.8. The van der Waals surface area contributed by atoms with Crippen molar-refractivity contribution >= 4 is 22.9 Å². The minimum absolute atomic E-state index is 0.0322. The number of benzene rings is 1. The molecular formula is C19H20ClFN4O3S. The second kappa shape index (κ2) is 9.45. The highest BCUT2D eigenvalue weighted by atomic mass is 35.5. The van der Waals surface area contributed by atoms with Crippen LogP contribution in [0.5, 0.6) is 11.6 Å². The number of nitrogens with two attached hydrogens (primary N) is 1. The van der Waals surface area contributed by atoms with Gasteiger partial charge in [-0.25, -0.2) is 9.37 Å². The molecule has 0 saturated carbocycles. The van der Waals surface area contributed by atoms with Crippen LogP contribution in [0.15, 0.2) is 30.5 Å². The van der Waals surface area contributed by atoms with E-state index in [0.29, 0.717) is 21.5 Å². The molecule has 0 amide bonds. The number of pyridine rings is 1. The predicted octanol–water partition coefficient (Wildman–Crippen LogP) is 3.55. The second-order valence-electron chi connectivity index (χ2n) is 6.48. The molecule has 3 rings (SSSR count). The SMILES string of the molecule is CC(C)Oc1ccc(-c2nnc(-c3cc(F)c(OCC(N)CO)cc3Cl)s2)cn1. The summed E-state index contributed by atoms with van der Waals surface area (Å²) in [7, 11) is 0. The van der Waals surface area contributed by atoms with Gasteiger partial charge in [-0.2, -0.15) is 0 Å². The lowest BCUT2D eigenvalue weighted by atomic mass is 10.2. The lowest BCUT2D eigenvalue weighted by Gasteiger charge is -2.12. The fraction of sp³-hybridized carbons (Fsp3) is 0.316. The van der Waals surface area contributed by atoms with Crippen LogP contribution in [-0.2, 0) is 0 Å². The summed E-state index contributed by atoms with van der Waals surface area (Å²) in [4.78, 5) is 4.25. The lowest BCUT2D eigenvalue weighted by molar-refractivity contribution is 0.202. The average molecular weight is 439 g/mol. The van der Waals surface area contributed by atoms with Crippen LogP contribution in [0.2, 0.25) is 5.02 Å². The Balaban J connectivity index is 1.80. The highest BCUT2D eigenvalue weighted by Gasteiger charge is 2.17. The molecule has 1 unspecified atom stereocenters. The average Bonchev–Trinajstić information content (AvgIpc) is 3.18. The molecule has 1 atom stereocenters. The Bertz CT molecular complexity index is 969. The van der Waals surface area contributed by atoms with E-state index >= 15 is 0 Å². The van der Waals surface area contributed by atoms with Gasteiger partial charge in [0.25, 0.3) is 0 Å². The summed E-state index contributed by atoms with van der Waals surface area (Å²) in [6, 6.07) is 5.58. The van der Waals surface area contributed by atoms with E-state index < -0.39 is 11.9 Å². The first kappa shape index (κ1) is 21.4. The molecule has 10 heteroatoms. The van der Waals surface area contributed by atoms with Gasteiger partial charge >= 0.3 is 0 Å². The van der Waals surface area contributed by atoms with E-state index in [0.717, 1.165) is 5.56 Å². The summed E-state index contributed by atoms with van der Waals surface area (Å²) < 4.78 is 25.2. The van der Waals surface area contributed by atoms with Gasteiger partial charge in [-0.3, -0.25) is 0 Å². The molecule has 7 nitrogen and oxygen atoms in total. The number of hydrogen-bond donors (Lipinski definition) is 2. The quantitative estimate of drug-likeness (QED) is 0.554. The molecule has 0 bridgehead atoms. The van der Waals surface area contributed by atoms with E-state index in [2.05, 4.69) is 15.2 Å². The third kappa shape index (κ3) is 5.39. The number of aliphatic hydroxyl groups is 1. The second-order valence-corrected chi connectivity index (χ2v) is 7.86. The minimum Gasteiger partial charge on any atom is -0.489 e. The van der Waals surface area contributed by atoms with Crippen molar-refractivity contribution in [2.45, 2.75) is 26.0 Å². The Morgan fingerprint density at radius 3 is 2.66 bits per heavy atom. The first-order chi connectivity index (χ1) is 13.9. The van der Waals surface area contributed by atoms with Gasteiger partial charge in [0, 0.05) is 29.5 Å². The Kier molecular flexibility index (Phi) is 6.96. The predicted molar refractivity (Wildman–Crippen MR) is 110 cm³/mol. The summed E-state index contributed by atoms with van der Waals surface area (Å²) in [6.07, 6.45) is 1.68. The van der Waals surface area contributed by atoms with Gasteiger partial charge in [0.1, 0.15) is 16.6 Å². The highest BCUT2D eigenvalue weighted by Crippen LogP contribution is 2.37. The first-order valence-electron chi connectivity index (χ1n) is 8.82. The summed E-state index contributed by atoms with van der Waals surface area (Å²) in [5.41, 5.74) is 6.73. The summed E-state index contributed by atoms with van der Waals surface area (Å²) >= 11 is 7.55. The molecule has 2 aromatic heterocycles. The molecule has 0 aliphatic carbocycles. The van der Waals surface area contributed by atoms with Crippen molar-refractivity contribution in [3.05, 3.63) is 41.3 Å². The molecule has 0 fully saturated rings. The molecule has 29 heavy (non-hydrogen) atoms. The molecule has 2 heterocycles. The summed E-state index contributed by atoms with van der Waals surface area (Å²) in [6.45, 7) is 3.55. The van der Waals surface area contributed by atoms with E-state index in [9.17, 15) is 4.39 Å². The number of ether oxygens (including phenoxy) is 2. The molecule has 154 valence electrons. The number of hydrogen-bond acceptors (Lipinski definition) is 8. The third-order valence-electron chi connectivity index (χ3n) is 3.70. The molecule has 3 N–H and O–H groups in total. The van der Waals surface area contributed by atoms with Crippen LogP contribution in [0.1, 0.15) is 13.8 Å². The van der Waals surface area contributed by atoms with Crippen molar-refractivity contribution in [1.29, 1.82) is 0 Å². The zero-order chi connectivity index (χ0) is 21.0. The molecular weight excluding hydrogens is 419 g/mol. The van der Waals surface area contributed by atoms with Crippen LogP contribution in [0.3, 0.4) is 0 Å². The molecule has 0 aliphatic rings. The van der Waals surface area contributed by atoms with E-state index in [1.165, 1.54) is 23.5 Å². The van der Waals surface area contributed by atoms with Gasteiger partial charge in [0.05, 0.1) is 23.8 Å². The van der Waals surface area contributed by atoms with Gasteiger partial charge in [0.2, 0.25) is 5.88 Å². The minimum atomic E-state index is -0.608. The topological polar surface area (TPSA) is 103 Å². The lowest BCUT2D eigenvalue weighted by Crippen LogP contribution is -2.31. The van der Waals surface area contributed by atoms with Crippen LogP contribution in [0, 0.1) is 5.82 Å². The molecule has 3 aromatic rings. The smallest absolute Gasteiger partial charge is 0.213 e. The maximum absolute atomic E-state index is 14.4. The fourth-order valence-electron chi connectivity index (χ4n) is 2.32. The number of rotatable bonds is 8. The molecule has 1 aromatic carbocycles. The van der Waals surface area contributed by atoms with Gasteiger partial charge in [-0.1, -0.05) is 22.9 Å². The number of halogens is 2. The largest absolute Gasteiger partial charge is 0.489 e. The van der Waals surface area contributed by atoms with E-state index in [1.807, 2.05) is 19.9 Å². The highest BCUT2D eigenvalue weighted by molar-refractivity contribution is 7.18. The molecule has 0 spiro atoms. The Morgan fingerprint density at radius 2 is 2.00 bits per heavy atom. The van der Waals surface area contributed by atoms with Crippen molar-refractivity contribution in [2.24, 2.45) is 5.73 Å². The van der Waals surface area contributed by atoms with E-state index in [-0.39, 0.29) is 30.1 Å². The van der Waals surface area contributed by atoms with Crippen LogP contribution in [0.25, 0.3) is 21.1 Å². The Hall–Kier alpha value is -2.33. The normalized spacial score (nSPS) is 12.2. The summed E-state index contributed by atoms with van der Waals surface area (Å²) in [5.74, 6) is -0.129. The number of nitrogens with zero attached hydrogens (tertiary/aromatic N) is 3. The van der Waals surface area contributed by atoms with Crippen molar-refractivity contribution < 1.29 is 19.0 Å². The Labute approximate surface area is 176 Å². The number of aromatic nitrogens is 3. The molecule has 0 aliphatic heterocycles. The van der Waals surface area contributed by atoms with Gasteiger partial charge in [0.15, 0.2) is 11.6 Å². The molecule has 0 saturated heterocycles. The van der Waals surface area contributed by atoms with Gasteiger partial charge in [-0.05, 0) is 26.0 Å². The van der Waals surface area contributed by atoms with Crippen LogP contribution < -0.4 is 15.2 Å². The first-order valence-corrected chi connectivity index (χ1v) is 10.0. The Morgan fingerprint density at radius 1 is 1.24 bits per heavy atom. The number of aliphatic hydroxyl groups excluding tert-OH is 1. The maximum atomic E-state index is 14.4.